The lowest BCUT2D eigenvalue weighted by Gasteiger charge is -2.29. The lowest BCUT2D eigenvalue weighted by molar-refractivity contribution is -0.137. The van der Waals surface area contributed by atoms with Gasteiger partial charge < -0.3 is 19.7 Å². The molecule has 4 rings (SSSR count). The molecule has 8 nitrogen and oxygen atoms in total. The Bertz CT molecular complexity index is 1170. The number of carboxylic acids is 1. The molecule has 2 N–H and O–H groups in total. The zero-order valence-corrected chi connectivity index (χ0v) is 18.5. The van der Waals surface area contributed by atoms with Crippen molar-refractivity contribution >= 4 is 29.7 Å². The van der Waals surface area contributed by atoms with Crippen LogP contribution in [0.25, 0.3) is 6.58 Å². The average Bonchev–Trinajstić information content (AvgIpc) is 3.24. The van der Waals surface area contributed by atoms with Gasteiger partial charge in [0.05, 0.1) is 17.5 Å². The highest BCUT2D eigenvalue weighted by atomic mass is 16.5. The van der Waals surface area contributed by atoms with E-state index in [-0.39, 0.29) is 18.1 Å². The standard InChI is InChI=1S/C24H30N4O4/c1-15-13-18-19(14-20(15)32-17-9-6-7-10-17)28(12-8-4-3-5-11-21(29)30)23-22(27-18)24(31)26-16(2)25-23/h13-14,17H,2-12H2,1H3,(H,26,31)(H,29,30). The number of aliphatic carboxylic acids is 1. The molecule has 0 saturated heterocycles. The highest BCUT2D eigenvalue weighted by molar-refractivity contribution is 5.78. The summed E-state index contributed by atoms with van der Waals surface area (Å²) in [6, 6.07) is 3.99. The Balaban J connectivity index is 1.63. The summed E-state index contributed by atoms with van der Waals surface area (Å²) in [4.78, 5) is 37.1. The number of nitrogens with zero attached hydrogens (tertiary/aromatic N) is 3. The van der Waals surface area contributed by atoms with Crippen molar-refractivity contribution in [2.75, 3.05) is 11.4 Å². The van der Waals surface area contributed by atoms with E-state index in [0.29, 0.717) is 29.6 Å². The van der Waals surface area contributed by atoms with Crippen LogP contribution in [0.4, 0.5) is 17.2 Å². The number of nitrogens with one attached hydrogen (secondary N) is 1. The molecule has 1 aliphatic heterocycles. The number of rotatable bonds is 9. The van der Waals surface area contributed by atoms with Crippen LogP contribution in [-0.4, -0.2) is 33.7 Å². The number of H-pyrrole nitrogens is 1. The average molecular weight is 439 g/mol. The SMILES string of the molecule is C=c1nc2c(c(=O)[nH]1)=Nc1cc(C)c(OC3CCCC3)cc1N2CCCCCCC(=O)O. The Labute approximate surface area is 186 Å². The fourth-order valence-corrected chi connectivity index (χ4v) is 4.43. The van der Waals surface area contributed by atoms with Gasteiger partial charge in [0.2, 0.25) is 0 Å². The van der Waals surface area contributed by atoms with Crippen LogP contribution in [0, 0.1) is 6.92 Å². The first-order chi connectivity index (χ1) is 15.4. The number of carbonyl (C=O) groups is 1. The number of carboxylic acid groups (broad SMARTS) is 1. The van der Waals surface area contributed by atoms with Crippen LogP contribution < -0.4 is 26.0 Å². The van der Waals surface area contributed by atoms with E-state index in [1.807, 2.05) is 24.0 Å². The van der Waals surface area contributed by atoms with Gasteiger partial charge in [0.25, 0.3) is 5.56 Å². The van der Waals surface area contributed by atoms with Gasteiger partial charge in [-0.3, -0.25) is 9.59 Å². The summed E-state index contributed by atoms with van der Waals surface area (Å²) in [6.45, 7) is 6.45. The predicted octanol–water partition coefficient (Wildman–Crippen LogP) is 3.25. The van der Waals surface area contributed by atoms with E-state index in [1.54, 1.807) is 0 Å². The molecule has 0 atom stereocenters. The zero-order valence-electron chi connectivity index (χ0n) is 18.5. The fourth-order valence-electron chi connectivity index (χ4n) is 4.43. The predicted molar refractivity (Wildman–Crippen MR) is 123 cm³/mol. The maximum atomic E-state index is 12.6. The molecular weight excluding hydrogens is 408 g/mol. The van der Waals surface area contributed by atoms with Crippen molar-refractivity contribution in [2.24, 2.45) is 4.99 Å². The number of hydrogen-bond acceptors (Lipinski definition) is 6. The van der Waals surface area contributed by atoms with Crippen LogP contribution in [0.15, 0.2) is 21.9 Å². The first kappa shape index (κ1) is 22.0. The molecule has 32 heavy (non-hydrogen) atoms. The molecule has 2 aromatic rings. The van der Waals surface area contributed by atoms with Crippen molar-refractivity contribution in [3.63, 3.8) is 0 Å². The monoisotopic (exact) mass is 438 g/mol. The van der Waals surface area contributed by atoms with Gasteiger partial charge in [0.1, 0.15) is 11.2 Å². The molecule has 8 heteroatoms. The van der Waals surface area contributed by atoms with E-state index in [1.165, 1.54) is 12.8 Å². The number of aromatic amines is 1. The van der Waals surface area contributed by atoms with E-state index in [4.69, 9.17) is 9.84 Å². The van der Waals surface area contributed by atoms with E-state index in [9.17, 15) is 9.59 Å². The zero-order chi connectivity index (χ0) is 22.7. The first-order valence-electron chi connectivity index (χ1n) is 11.4. The Hall–Kier alpha value is -3.16. The molecule has 1 saturated carbocycles. The number of ether oxygens (including phenoxy) is 1. The van der Waals surface area contributed by atoms with Gasteiger partial charge in [0.15, 0.2) is 11.2 Å². The minimum atomic E-state index is -0.762. The third-order valence-electron chi connectivity index (χ3n) is 6.09. The second-order valence-electron chi connectivity index (χ2n) is 8.64. The minimum absolute atomic E-state index is 0.192. The number of aromatic nitrogens is 2. The van der Waals surface area contributed by atoms with Crippen molar-refractivity contribution in [2.45, 2.75) is 70.8 Å². The normalized spacial score (nSPS) is 15.2. The van der Waals surface area contributed by atoms with E-state index in [0.717, 1.165) is 54.8 Å². The van der Waals surface area contributed by atoms with Gasteiger partial charge in [-0.1, -0.05) is 19.4 Å². The lowest BCUT2D eigenvalue weighted by Crippen LogP contribution is -2.42. The molecule has 1 aromatic carbocycles. The minimum Gasteiger partial charge on any atom is -0.490 e. The summed E-state index contributed by atoms with van der Waals surface area (Å²) in [5.74, 6) is 0.593. The largest absolute Gasteiger partial charge is 0.490 e. The summed E-state index contributed by atoms with van der Waals surface area (Å²) >= 11 is 0. The summed E-state index contributed by atoms with van der Waals surface area (Å²) in [7, 11) is 0. The maximum absolute atomic E-state index is 12.6. The van der Waals surface area contributed by atoms with E-state index < -0.39 is 5.97 Å². The van der Waals surface area contributed by atoms with Crippen LogP contribution in [0.2, 0.25) is 0 Å². The molecule has 0 amide bonds. The van der Waals surface area contributed by atoms with Gasteiger partial charge in [-0.25, -0.2) is 9.98 Å². The smallest absolute Gasteiger partial charge is 0.303 e. The summed E-state index contributed by atoms with van der Waals surface area (Å²) in [5, 5.41) is 9.11. The highest BCUT2D eigenvalue weighted by Crippen LogP contribution is 2.40. The third-order valence-corrected chi connectivity index (χ3v) is 6.09. The summed E-state index contributed by atoms with van der Waals surface area (Å²) in [6.07, 6.45) is 8.22. The molecule has 2 heterocycles. The van der Waals surface area contributed by atoms with Gasteiger partial charge in [0, 0.05) is 19.0 Å². The first-order valence-corrected chi connectivity index (χ1v) is 11.4. The third kappa shape index (κ3) is 4.84. The molecular formula is C24H30N4O4. The maximum Gasteiger partial charge on any atom is 0.303 e. The number of benzene rings is 1. The van der Waals surface area contributed by atoms with Gasteiger partial charge in [-0.15, -0.1) is 0 Å². The number of aryl methyl sites for hydroxylation is 1. The highest BCUT2D eigenvalue weighted by Gasteiger charge is 2.25. The van der Waals surface area contributed by atoms with Crippen LogP contribution in [-0.2, 0) is 4.79 Å². The van der Waals surface area contributed by atoms with Crippen molar-refractivity contribution < 1.29 is 14.6 Å². The second kappa shape index (κ2) is 9.54. The molecule has 1 fully saturated rings. The number of unbranched alkanes of at least 4 members (excludes halogenated alkanes) is 3. The van der Waals surface area contributed by atoms with Crippen LogP contribution in [0.5, 0.6) is 5.75 Å². The van der Waals surface area contributed by atoms with Gasteiger partial charge in [-0.05, 0) is 57.1 Å². The Morgan fingerprint density at radius 2 is 2.00 bits per heavy atom. The van der Waals surface area contributed by atoms with Crippen molar-refractivity contribution in [1.82, 2.24) is 9.97 Å². The Morgan fingerprint density at radius 3 is 2.75 bits per heavy atom. The lowest BCUT2D eigenvalue weighted by atomic mass is 10.1. The molecule has 0 radical (unpaired) electrons. The fraction of sp³-hybridized carbons (Fsp3) is 0.500. The molecule has 0 unspecified atom stereocenters. The van der Waals surface area contributed by atoms with E-state index >= 15 is 0 Å². The van der Waals surface area contributed by atoms with Crippen molar-refractivity contribution in [3.05, 3.63) is 38.9 Å². The topological polar surface area (TPSA) is 108 Å². The van der Waals surface area contributed by atoms with Crippen LogP contribution in [0.1, 0.15) is 63.4 Å². The number of fused-ring (bicyclic) bond motifs is 2. The molecule has 170 valence electrons. The molecule has 2 aliphatic rings. The van der Waals surface area contributed by atoms with Gasteiger partial charge in [-0.2, -0.15) is 0 Å². The number of hydrogen-bond donors (Lipinski definition) is 2. The summed E-state index contributed by atoms with van der Waals surface area (Å²) in [5.41, 5.74) is 2.59. The van der Waals surface area contributed by atoms with Crippen LogP contribution >= 0.6 is 0 Å². The number of anilines is 2. The summed E-state index contributed by atoms with van der Waals surface area (Å²) < 4.78 is 6.31. The molecule has 1 aromatic heterocycles. The van der Waals surface area contributed by atoms with Gasteiger partial charge >= 0.3 is 5.97 Å². The molecule has 0 spiro atoms. The Morgan fingerprint density at radius 1 is 1.25 bits per heavy atom. The molecule has 1 aliphatic carbocycles. The molecule has 0 bridgehead atoms. The Kier molecular flexibility index (Phi) is 6.58. The van der Waals surface area contributed by atoms with Crippen molar-refractivity contribution in [3.8, 4) is 5.75 Å². The van der Waals surface area contributed by atoms with Crippen molar-refractivity contribution in [1.29, 1.82) is 0 Å². The quantitative estimate of drug-likeness (QED) is 0.582. The second-order valence-corrected chi connectivity index (χ2v) is 8.64. The van der Waals surface area contributed by atoms with Crippen LogP contribution in [0.3, 0.4) is 0 Å². The van der Waals surface area contributed by atoms with E-state index in [2.05, 4.69) is 21.5 Å².